The van der Waals surface area contributed by atoms with Gasteiger partial charge in [-0.2, -0.15) is 0 Å². The molecule has 1 heterocycles. The lowest BCUT2D eigenvalue weighted by molar-refractivity contribution is 0.648. The first-order valence-electron chi connectivity index (χ1n) is 6.98. The molecule has 0 unspecified atom stereocenters. The van der Waals surface area contributed by atoms with E-state index in [1.54, 1.807) is 0 Å². The van der Waals surface area contributed by atoms with Gasteiger partial charge in [0.25, 0.3) is 0 Å². The summed E-state index contributed by atoms with van der Waals surface area (Å²) in [6.07, 6.45) is 6.10. The Kier molecular flexibility index (Phi) is 3.42. The van der Waals surface area contributed by atoms with Crippen molar-refractivity contribution < 1.29 is 0 Å². The fourth-order valence-electron chi connectivity index (χ4n) is 2.64. The van der Waals surface area contributed by atoms with Crippen LogP contribution in [0, 0.1) is 0 Å². The van der Waals surface area contributed by atoms with E-state index in [1.165, 1.54) is 5.57 Å². The molecule has 0 saturated carbocycles. The van der Waals surface area contributed by atoms with Crippen LogP contribution in [0.15, 0.2) is 74.7 Å². The van der Waals surface area contributed by atoms with Gasteiger partial charge < -0.3 is 0 Å². The van der Waals surface area contributed by atoms with Crippen molar-refractivity contribution in [2.75, 3.05) is 0 Å². The number of nitrogens with zero attached hydrogens (tertiary/aromatic N) is 2. The van der Waals surface area contributed by atoms with Crippen LogP contribution in [0.5, 0.6) is 0 Å². The van der Waals surface area contributed by atoms with Gasteiger partial charge >= 0.3 is 0 Å². The van der Waals surface area contributed by atoms with Crippen molar-refractivity contribution >= 4 is 28.7 Å². The Morgan fingerprint density at radius 2 is 1.81 bits per heavy atom. The van der Waals surface area contributed by atoms with E-state index in [0.717, 1.165) is 22.7 Å². The molecule has 1 aliphatic carbocycles. The summed E-state index contributed by atoms with van der Waals surface area (Å²) in [7, 11) is 0. The first-order chi connectivity index (χ1) is 9.94. The van der Waals surface area contributed by atoms with E-state index in [9.17, 15) is 0 Å². The molecule has 0 aromatic heterocycles. The Labute approximate surface area is 130 Å². The van der Waals surface area contributed by atoms with Crippen LogP contribution in [0.25, 0.3) is 0 Å². The van der Waals surface area contributed by atoms with Gasteiger partial charge in [0.1, 0.15) is 0 Å². The first kappa shape index (κ1) is 14.0. The number of benzene rings is 1. The molecule has 0 radical (unpaired) electrons. The number of rotatable bonds is 1. The van der Waals surface area contributed by atoms with Crippen LogP contribution >= 0.6 is 11.6 Å². The second-order valence-corrected chi connectivity index (χ2v) is 6.27. The van der Waals surface area contributed by atoms with Crippen LogP contribution in [0.3, 0.4) is 0 Å². The Bertz CT molecular complexity index is 732. The van der Waals surface area contributed by atoms with Gasteiger partial charge in [-0.1, -0.05) is 35.9 Å². The molecule has 3 heteroatoms. The number of fused-ring (bicyclic) bond motifs is 1. The Morgan fingerprint density at radius 1 is 1.10 bits per heavy atom. The SMILES string of the molecule is CC1=CC(C)(C)N=C2C(Cl)=CC(=Nc3ccccc3)C=C12. The van der Waals surface area contributed by atoms with Gasteiger partial charge in [0.2, 0.25) is 0 Å². The van der Waals surface area contributed by atoms with E-state index in [0.29, 0.717) is 5.03 Å². The number of aliphatic imine (C=N–C) groups is 2. The maximum atomic E-state index is 6.43. The summed E-state index contributed by atoms with van der Waals surface area (Å²) in [5, 5.41) is 0.655. The fraction of sp³-hybridized carbons (Fsp3) is 0.222. The van der Waals surface area contributed by atoms with Crippen molar-refractivity contribution in [2.24, 2.45) is 9.98 Å². The molecule has 0 saturated heterocycles. The molecular formula is C18H17ClN2. The number of hydrogen-bond donors (Lipinski definition) is 0. The molecule has 0 amide bonds. The number of dihydropyridines is 1. The smallest absolute Gasteiger partial charge is 0.0847 e. The number of hydrogen-bond acceptors (Lipinski definition) is 2. The number of halogens is 1. The van der Waals surface area contributed by atoms with Gasteiger partial charge in [-0.05, 0) is 50.6 Å². The zero-order chi connectivity index (χ0) is 15.0. The van der Waals surface area contributed by atoms with Gasteiger partial charge in [0.05, 0.1) is 27.7 Å². The molecule has 2 aliphatic rings. The van der Waals surface area contributed by atoms with Gasteiger partial charge in [0.15, 0.2) is 0 Å². The lowest BCUT2D eigenvalue weighted by Crippen LogP contribution is -2.26. The minimum Gasteiger partial charge on any atom is -0.273 e. The van der Waals surface area contributed by atoms with Gasteiger partial charge in [-0.15, -0.1) is 0 Å². The van der Waals surface area contributed by atoms with Gasteiger partial charge in [-0.25, -0.2) is 4.99 Å². The van der Waals surface area contributed by atoms with E-state index in [1.807, 2.05) is 36.4 Å². The average Bonchev–Trinajstić information content (AvgIpc) is 2.41. The van der Waals surface area contributed by atoms with Crippen molar-refractivity contribution in [3.63, 3.8) is 0 Å². The summed E-state index contributed by atoms with van der Waals surface area (Å²) >= 11 is 6.43. The molecule has 0 atom stereocenters. The molecule has 0 fully saturated rings. The molecule has 3 rings (SSSR count). The quantitative estimate of drug-likeness (QED) is 0.651. The molecular weight excluding hydrogens is 280 g/mol. The van der Waals surface area contributed by atoms with Crippen molar-refractivity contribution in [2.45, 2.75) is 26.3 Å². The maximum Gasteiger partial charge on any atom is 0.0847 e. The van der Waals surface area contributed by atoms with Crippen LogP contribution in [-0.2, 0) is 0 Å². The van der Waals surface area contributed by atoms with E-state index < -0.39 is 0 Å². The maximum absolute atomic E-state index is 6.43. The third-order valence-electron chi connectivity index (χ3n) is 3.46. The molecule has 21 heavy (non-hydrogen) atoms. The summed E-state index contributed by atoms with van der Waals surface area (Å²) in [4.78, 5) is 9.35. The average molecular weight is 297 g/mol. The lowest BCUT2D eigenvalue weighted by Gasteiger charge is -2.28. The molecule has 0 bridgehead atoms. The largest absolute Gasteiger partial charge is 0.273 e. The van der Waals surface area contributed by atoms with Crippen molar-refractivity contribution in [3.8, 4) is 0 Å². The van der Waals surface area contributed by atoms with E-state index in [2.05, 4.69) is 37.9 Å². The fourth-order valence-corrected chi connectivity index (χ4v) is 2.90. The Morgan fingerprint density at radius 3 is 2.52 bits per heavy atom. The predicted octanol–water partition coefficient (Wildman–Crippen LogP) is 5.00. The van der Waals surface area contributed by atoms with Gasteiger partial charge in [0, 0.05) is 5.57 Å². The van der Waals surface area contributed by atoms with E-state index in [4.69, 9.17) is 16.6 Å². The predicted molar refractivity (Wildman–Crippen MR) is 90.8 cm³/mol. The highest BCUT2D eigenvalue weighted by atomic mass is 35.5. The highest BCUT2D eigenvalue weighted by Crippen LogP contribution is 2.32. The Balaban J connectivity index is 2.06. The monoisotopic (exact) mass is 296 g/mol. The molecule has 1 aromatic rings. The number of allylic oxidation sites excluding steroid dienone is 5. The normalized spacial score (nSPS) is 22.0. The highest BCUT2D eigenvalue weighted by molar-refractivity contribution is 6.50. The number of para-hydroxylation sites is 1. The zero-order valence-electron chi connectivity index (χ0n) is 12.4. The third kappa shape index (κ3) is 2.91. The molecule has 1 aliphatic heterocycles. The van der Waals surface area contributed by atoms with Crippen LogP contribution in [-0.4, -0.2) is 17.0 Å². The van der Waals surface area contributed by atoms with Crippen LogP contribution in [0.2, 0.25) is 0 Å². The highest BCUT2D eigenvalue weighted by Gasteiger charge is 2.27. The molecule has 1 aromatic carbocycles. The van der Waals surface area contributed by atoms with Crippen LogP contribution in [0.1, 0.15) is 20.8 Å². The Hall–Kier alpha value is -1.93. The molecule has 0 spiro atoms. The van der Waals surface area contributed by atoms with Crippen molar-refractivity contribution in [3.05, 3.63) is 64.7 Å². The summed E-state index contributed by atoms with van der Waals surface area (Å²) in [6.45, 7) is 6.26. The first-order valence-corrected chi connectivity index (χ1v) is 7.35. The summed E-state index contributed by atoms with van der Waals surface area (Å²) in [5.41, 5.74) is 4.69. The second-order valence-electron chi connectivity index (χ2n) is 5.86. The second kappa shape index (κ2) is 5.12. The van der Waals surface area contributed by atoms with Crippen molar-refractivity contribution in [1.29, 1.82) is 0 Å². The van der Waals surface area contributed by atoms with E-state index >= 15 is 0 Å². The third-order valence-corrected chi connectivity index (χ3v) is 3.75. The zero-order valence-corrected chi connectivity index (χ0v) is 13.1. The van der Waals surface area contributed by atoms with Crippen LogP contribution < -0.4 is 0 Å². The lowest BCUT2D eigenvalue weighted by atomic mass is 9.88. The minimum absolute atomic E-state index is 0.210. The van der Waals surface area contributed by atoms with E-state index in [-0.39, 0.29) is 5.54 Å². The van der Waals surface area contributed by atoms with Crippen LogP contribution in [0.4, 0.5) is 5.69 Å². The summed E-state index contributed by atoms with van der Waals surface area (Å²) < 4.78 is 0. The molecule has 106 valence electrons. The topological polar surface area (TPSA) is 24.7 Å². The molecule has 0 N–H and O–H groups in total. The molecule has 2 nitrogen and oxygen atoms in total. The van der Waals surface area contributed by atoms with Gasteiger partial charge in [-0.3, -0.25) is 4.99 Å². The standard InChI is InChI=1S/C18H17ClN2/c1-12-11-18(2,3)21-17-15(12)9-14(10-16(17)19)20-13-7-5-4-6-8-13/h4-11H,1-3H3. The minimum atomic E-state index is -0.210. The summed E-state index contributed by atoms with van der Waals surface area (Å²) in [5.74, 6) is 0. The summed E-state index contributed by atoms with van der Waals surface area (Å²) in [6, 6.07) is 9.88. The van der Waals surface area contributed by atoms with Crippen molar-refractivity contribution in [1.82, 2.24) is 0 Å².